The van der Waals surface area contributed by atoms with Gasteiger partial charge in [0.05, 0.1) is 0 Å². The lowest BCUT2D eigenvalue weighted by Gasteiger charge is -2.22. The molecule has 1 aromatic heterocycles. The quantitative estimate of drug-likeness (QED) is 0.867. The average Bonchev–Trinajstić information content (AvgIpc) is 2.81. The lowest BCUT2D eigenvalue weighted by molar-refractivity contribution is 0.758. The van der Waals surface area contributed by atoms with Crippen LogP contribution in [-0.4, -0.2) is 34.1 Å². The van der Waals surface area contributed by atoms with Crippen LogP contribution in [0, 0.1) is 13.8 Å². The van der Waals surface area contributed by atoms with Crippen molar-refractivity contribution >= 4 is 23.4 Å². The number of rotatable bonds is 5. The number of hydrogen-bond acceptors (Lipinski definition) is 5. The molecule has 2 rings (SSSR count). The molecule has 0 spiro atoms. The van der Waals surface area contributed by atoms with Crippen LogP contribution in [-0.2, 0) is 0 Å². The van der Waals surface area contributed by atoms with E-state index in [0.29, 0.717) is 6.04 Å². The van der Waals surface area contributed by atoms with Crippen LogP contribution in [0.2, 0.25) is 0 Å². The molecule has 0 saturated heterocycles. The molecule has 0 radical (unpaired) electrons. The molecule has 0 aromatic carbocycles. The van der Waals surface area contributed by atoms with Gasteiger partial charge in [-0.3, -0.25) is 0 Å². The Morgan fingerprint density at radius 1 is 1.21 bits per heavy atom. The monoisotopic (exact) mass is 280 g/mol. The van der Waals surface area contributed by atoms with E-state index in [4.69, 9.17) is 0 Å². The summed E-state index contributed by atoms with van der Waals surface area (Å²) in [5.41, 5.74) is 1.11. The minimum absolute atomic E-state index is 0.544. The number of aryl methyl sites for hydroxylation is 1. The Morgan fingerprint density at radius 3 is 2.63 bits per heavy atom. The first-order valence-corrected chi connectivity index (χ1v) is 8.11. The summed E-state index contributed by atoms with van der Waals surface area (Å²) >= 11 is 2.06. The third-order valence-corrected chi connectivity index (χ3v) is 4.98. The topological polar surface area (TPSA) is 49.8 Å². The molecule has 1 heterocycles. The molecule has 2 unspecified atom stereocenters. The highest BCUT2D eigenvalue weighted by Gasteiger charge is 2.28. The molecule has 1 aliphatic rings. The van der Waals surface area contributed by atoms with Crippen molar-refractivity contribution in [2.45, 2.75) is 51.3 Å². The Kier molecular flexibility index (Phi) is 4.91. The van der Waals surface area contributed by atoms with Gasteiger partial charge < -0.3 is 10.6 Å². The fourth-order valence-corrected chi connectivity index (χ4v) is 3.89. The Hall–Kier alpha value is -0.970. The van der Waals surface area contributed by atoms with Crippen molar-refractivity contribution in [3.8, 4) is 0 Å². The minimum Gasteiger partial charge on any atom is -0.373 e. The minimum atomic E-state index is 0.544. The van der Waals surface area contributed by atoms with Crippen LogP contribution in [0.4, 0.5) is 11.6 Å². The van der Waals surface area contributed by atoms with E-state index in [1.54, 1.807) is 0 Å². The van der Waals surface area contributed by atoms with Gasteiger partial charge >= 0.3 is 0 Å². The predicted molar refractivity (Wildman–Crippen MR) is 84.2 cm³/mol. The molecule has 1 aliphatic carbocycles. The molecule has 2 atom stereocenters. The Bertz CT molecular complexity index is 436. The second-order valence-electron chi connectivity index (χ2n) is 5.02. The normalized spacial score (nSPS) is 22.5. The maximum Gasteiger partial charge on any atom is 0.135 e. The maximum atomic E-state index is 4.57. The molecule has 0 aliphatic heterocycles. The van der Waals surface area contributed by atoms with Gasteiger partial charge in [0.15, 0.2) is 0 Å². The van der Waals surface area contributed by atoms with Gasteiger partial charge in [0.2, 0.25) is 0 Å². The van der Waals surface area contributed by atoms with E-state index in [9.17, 15) is 0 Å². The molecular weight excluding hydrogens is 256 g/mol. The molecule has 5 heteroatoms. The molecule has 1 fully saturated rings. The highest BCUT2D eigenvalue weighted by Crippen LogP contribution is 2.32. The summed E-state index contributed by atoms with van der Waals surface area (Å²) < 4.78 is 0. The smallest absolute Gasteiger partial charge is 0.135 e. The first-order valence-electron chi connectivity index (χ1n) is 7.06. The highest BCUT2D eigenvalue weighted by atomic mass is 32.2. The Balaban J connectivity index is 2.16. The van der Waals surface area contributed by atoms with Crippen LogP contribution >= 0.6 is 11.8 Å². The van der Waals surface area contributed by atoms with Crippen molar-refractivity contribution in [3.05, 3.63) is 11.4 Å². The summed E-state index contributed by atoms with van der Waals surface area (Å²) in [6, 6.07) is 0.544. The van der Waals surface area contributed by atoms with Gasteiger partial charge in [0.25, 0.3) is 0 Å². The van der Waals surface area contributed by atoms with Gasteiger partial charge in [-0.2, -0.15) is 11.8 Å². The van der Waals surface area contributed by atoms with E-state index in [-0.39, 0.29) is 0 Å². The lowest BCUT2D eigenvalue weighted by Crippen LogP contribution is -2.27. The van der Waals surface area contributed by atoms with Gasteiger partial charge in [0.1, 0.15) is 17.5 Å². The van der Waals surface area contributed by atoms with Crippen LogP contribution in [0.15, 0.2) is 0 Å². The van der Waals surface area contributed by atoms with Crippen LogP contribution in [0.25, 0.3) is 0 Å². The molecule has 2 N–H and O–H groups in total. The third kappa shape index (κ3) is 3.32. The molecule has 1 aromatic rings. The first-order chi connectivity index (χ1) is 9.15. The van der Waals surface area contributed by atoms with Crippen molar-refractivity contribution in [1.29, 1.82) is 0 Å². The molecule has 19 heavy (non-hydrogen) atoms. The molecule has 4 nitrogen and oxygen atoms in total. The number of thioether (sulfide) groups is 1. The van der Waals surface area contributed by atoms with E-state index in [2.05, 4.69) is 46.2 Å². The van der Waals surface area contributed by atoms with Gasteiger partial charge in [-0.05, 0) is 32.4 Å². The number of aromatic nitrogens is 2. The highest BCUT2D eigenvalue weighted by molar-refractivity contribution is 7.99. The molecule has 0 amide bonds. The number of nitrogens with one attached hydrogen (secondary N) is 2. The van der Waals surface area contributed by atoms with Crippen molar-refractivity contribution in [3.63, 3.8) is 0 Å². The van der Waals surface area contributed by atoms with Gasteiger partial charge in [-0.25, -0.2) is 9.97 Å². The van der Waals surface area contributed by atoms with Crippen molar-refractivity contribution in [2.24, 2.45) is 0 Å². The van der Waals surface area contributed by atoms with Crippen LogP contribution in [0.3, 0.4) is 0 Å². The van der Waals surface area contributed by atoms with E-state index >= 15 is 0 Å². The number of anilines is 2. The summed E-state index contributed by atoms with van der Waals surface area (Å²) in [6.45, 7) is 6.25. The number of hydrogen-bond donors (Lipinski definition) is 2. The maximum absolute atomic E-state index is 4.57. The van der Waals surface area contributed by atoms with Crippen molar-refractivity contribution < 1.29 is 0 Å². The van der Waals surface area contributed by atoms with Gasteiger partial charge in [-0.15, -0.1) is 0 Å². The SMILES string of the molecule is CCSC1CCCC1Nc1nc(C)nc(NC)c1C. The van der Waals surface area contributed by atoms with Crippen LogP contribution in [0.5, 0.6) is 0 Å². The van der Waals surface area contributed by atoms with Gasteiger partial charge in [0, 0.05) is 23.9 Å². The van der Waals surface area contributed by atoms with E-state index in [1.807, 2.05) is 14.0 Å². The van der Waals surface area contributed by atoms with Gasteiger partial charge in [-0.1, -0.05) is 13.3 Å². The summed E-state index contributed by atoms with van der Waals surface area (Å²) in [5, 5.41) is 7.51. The fraction of sp³-hybridized carbons (Fsp3) is 0.714. The second-order valence-corrected chi connectivity index (χ2v) is 6.53. The third-order valence-electron chi connectivity index (χ3n) is 3.65. The zero-order valence-electron chi connectivity index (χ0n) is 12.3. The Morgan fingerprint density at radius 2 is 1.95 bits per heavy atom. The fourth-order valence-electron chi connectivity index (χ4n) is 2.69. The van der Waals surface area contributed by atoms with Crippen LogP contribution in [0.1, 0.15) is 37.6 Å². The number of nitrogens with zero attached hydrogens (tertiary/aromatic N) is 2. The van der Waals surface area contributed by atoms with Crippen molar-refractivity contribution in [1.82, 2.24) is 9.97 Å². The standard InChI is InChI=1S/C14H24N4S/c1-5-19-12-8-6-7-11(12)18-14-9(2)13(15-4)16-10(3)17-14/h11-12H,5-8H2,1-4H3,(H2,15,16,17,18). The molecule has 0 bridgehead atoms. The largest absolute Gasteiger partial charge is 0.373 e. The molecule has 1 saturated carbocycles. The second kappa shape index (κ2) is 6.46. The molecular formula is C14H24N4S. The lowest BCUT2D eigenvalue weighted by atomic mass is 10.2. The summed E-state index contributed by atoms with van der Waals surface area (Å²) in [7, 11) is 1.91. The van der Waals surface area contributed by atoms with Crippen molar-refractivity contribution in [2.75, 3.05) is 23.4 Å². The zero-order valence-corrected chi connectivity index (χ0v) is 13.1. The zero-order chi connectivity index (χ0) is 13.8. The summed E-state index contributed by atoms with van der Waals surface area (Å²) in [6.07, 6.45) is 3.88. The van der Waals surface area contributed by atoms with E-state index < -0.39 is 0 Å². The van der Waals surface area contributed by atoms with E-state index in [0.717, 1.165) is 28.3 Å². The summed E-state index contributed by atoms with van der Waals surface area (Å²) in [5.74, 6) is 3.92. The van der Waals surface area contributed by atoms with E-state index in [1.165, 1.54) is 25.0 Å². The Labute approximate surface area is 120 Å². The molecule has 106 valence electrons. The average molecular weight is 280 g/mol. The van der Waals surface area contributed by atoms with Crippen LogP contribution < -0.4 is 10.6 Å². The summed E-state index contributed by atoms with van der Waals surface area (Å²) in [4.78, 5) is 8.98. The first kappa shape index (κ1) is 14.4. The predicted octanol–water partition coefficient (Wildman–Crippen LogP) is 3.22.